The fourth-order valence-corrected chi connectivity index (χ4v) is 6.09. The third-order valence-corrected chi connectivity index (χ3v) is 8.22. The highest BCUT2D eigenvalue weighted by Gasteiger charge is 2.33. The maximum Gasteiger partial charge on any atom is 0.573 e. The number of urea groups is 1. The molecule has 2 heterocycles. The van der Waals surface area contributed by atoms with Gasteiger partial charge in [0.15, 0.2) is 11.0 Å². The second kappa shape index (κ2) is 13.6. The Morgan fingerprint density at radius 3 is 2.54 bits per heavy atom. The number of rotatable bonds is 8. The number of nitrogens with one attached hydrogen (secondary N) is 1. The van der Waals surface area contributed by atoms with Gasteiger partial charge in [-0.3, -0.25) is 4.90 Å². The van der Waals surface area contributed by atoms with Gasteiger partial charge in [0.05, 0.1) is 17.7 Å². The molecule has 10 nitrogen and oxygen atoms in total. The minimum atomic E-state index is -4.78. The molecule has 3 aromatic carbocycles. The maximum absolute atomic E-state index is 12.9. The van der Waals surface area contributed by atoms with Crippen molar-refractivity contribution in [3.05, 3.63) is 89.7 Å². The Morgan fingerprint density at radius 2 is 1.89 bits per heavy atom. The van der Waals surface area contributed by atoms with Crippen molar-refractivity contribution in [1.82, 2.24) is 20.1 Å². The van der Waals surface area contributed by atoms with Crippen molar-refractivity contribution < 1.29 is 27.8 Å². The molecule has 4 aromatic rings. The number of alkyl halides is 3. The molecule has 2 amide bonds. The molecule has 0 bridgehead atoms. The second-order valence-electron chi connectivity index (χ2n) is 10.8. The quantitative estimate of drug-likeness (QED) is 0.221. The van der Waals surface area contributed by atoms with Crippen molar-refractivity contribution in [1.29, 1.82) is 5.26 Å². The molecule has 14 heteroatoms. The lowest BCUT2D eigenvalue weighted by molar-refractivity contribution is -0.274. The highest BCUT2D eigenvalue weighted by Crippen LogP contribution is 2.36. The van der Waals surface area contributed by atoms with Crippen LogP contribution in [0.3, 0.4) is 0 Å². The van der Waals surface area contributed by atoms with Gasteiger partial charge in [0.1, 0.15) is 18.3 Å². The highest BCUT2D eigenvalue weighted by atomic mass is 32.2. The van der Waals surface area contributed by atoms with E-state index >= 15 is 0 Å². The summed E-state index contributed by atoms with van der Waals surface area (Å²) in [6.45, 7) is 6.18. The van der Waals surface area contributed by atoms with E-state index in [1.807, 2.05) is 25.1 Å². The monoisotopic (exact) mass is 649 g/mol. The number of nitriles is 1. The van der Waals surface area contributed by atoms with Crippen LogP contribution in [0.5, 0.6) is 5.75 Å². The number of aromatic nitrogens is 3. The summed E-state index contributed by atoms with van der Waals surface area (Å²) in [4.78, 5) is 23.0. The molecule has 238 valence electrons. The van der Waals surface area contributed by atoms with Crippen LogP contribution in [0.25, 0.3) is 17.1 Å². The lowest BCUT2D eigenvalue weighted by Gasteiger charge is -2.27. The van der Waals surface area contributed by atoms with Gasteiger partial charge in [0, 0.05) is 23.5 Å². The number of nitrogens with zero attached hydrogens (tertiary/aromatic N) is 6. The number of hydrogen-bond donors (Lipinski definition) is 2. The van der Waals surface area contributed by atoms with Crippen molar-refractivity contribution in [2.24, 2.45) is 4.99 Å². The predicted octanol–water partition coefficient (Wildman–Crippen LogP) is 6.51. The van der Waals surface area contributed by atoms with Crippen LogP contribution in [0, 0.1) is 18.3 Å². The average Bonchev–Trinajstić information content (AvgIpc) is 3.64. The van der Waals surface area contributed by atoms with E-state index in [4.69, 9.17) is 0 Å². The predicted molar refractivity (Wildman–Crippen MR) is 169 cm³/mol. The third-order valence-electron chi connectivity index (χ3n) is 7.21. The molecule has 2 unspecified atom stereocenters. The molecule has 46 heavy (non-hydrogen) atoms. The van der Waals surface area contributed by atoms with Crippen molar-refractivity contribution in [3.8, 4) is 28.9 Å². The molecular formula is C32H30F3N7O3S. The van der Waals surface area contributed by atoms with Crippen LogP contribution in [0.15, 0.2) is 78.0 Å². The van der Waals surface area contributed by atoms with Gasteiger partial charge in [-0.2, -0.15) is 10.3 Å². The van der Waals surface area contributed by atoms with Crippen LogP contribution in [-0.4, -0.2) is 56.0 Å². The summed E-state index contributed by atoms with van der Waals surface area (Å²) in [5.74, 6) is -0.0799. The van der Waals surface area contributed by atoms with Gasteiger partial charge < -0.3 is 15.2 Å². The Balaban J connectivity index is 1.23. The van der Waals surface area contributed by atoms with Gasteiger partial charge in [-0.25, -0.2) is 14.5 Å². The molecule has 0 spiro atoms. The van der Waals surface area contributed by atoms with Crippen LogP contribution >= 0.6 is 11.8 Å². The lowest BCUT2D eigenvalue weighted by Crippen LogP contribution is -2.36. The summed E-state index contributed by atoms with van der Waals surface area (Å²) in [6.07, 6.45) is -4.18. The first-order valence-electron chi connectivity index (χ1n) is 14.3. The first-order valence-corrected chi connectivity index (χ1v) is 15.3. The molecule has 0 saturated carbocycles. The number of ether oxygens (including phenoxy) is 1. The van der Waals surface area contributed by atoms with Crippen molar-refractivity contribution >= 4 is 28.6 Å². The summed E-state index contributed by atoms with van der Waals surface area (Å²) in [5.41, 5.74) is 4.76. The van der Waals surface area contributed by atoms with Crippen molar-refractivity contribution in [3.63, 3.8) is 0 Å². The molecular weight excluding hydrogens is 619 g/mol. The number of aliphatic hydroxyl groups is 1. The molecule has 1 aliphatic rings. The Bertz CT molecular complexity index is 1770. The van der Waals surface area contributed by atoms with Gasteiger partial charge in [0.25, 0.3) is 0 Å². The summed E-state index contributed by atoms with van der Waals surface area (Å²) < 4.78 is 42.6. The van der Waals surface area contributed by atoms with Crippen LogP contribution in [0.4, 0.5) is 23.7 Å². The van der Waals surface area contributed by atoms with E-state index in [9.17, 15) is 28.3 Å². The Morgan fingerprint density at radius 1 is 1.17 bits per heavy atom. The molecule has 1 fully saturated rings. The minimum Gasteiger partial charge on any atom is -0.406 e. The van der Waals surface area contributed by atoms with Crippen molar-refractivity contribution in [2.75, 3.05) is 17.2 Å². The van der Waals surface area contributed by atoms with Gasteiger partial charge in [-0.1, -0.05) is 62.0 Å². The lowest BCUT2D eigenvalue weighted by atomic mass is 9.95. The fourth-order valence-electron chi connectivity index (χ4n) is 5.14. The number of amides is 2. The highest BCUT2D eigenvalue weighted by molar-refractivity contribution is 8.14. The molecule has 1 aliphatic heterocycles. The summed E-state index contributed by atoms with van der Waals surface area (Å²) in [6, 6.07) is 19.6. The number of benzene rings is 3. The number of amidine groups is 1. The van der Waals surface area contributed by atoms with E-state index in [-0.39, 0.29) is 18.2 Å². The number of aryl methyl sites for hydroxylation is 1. The third kappa shape index (κ3) is 7.49. The smallest absolute Gasteiger partial charge is 0.406 e. The molecule has 1 saturated heterocycles. The van der Waals surface area contributed by atoms with Crippen LogP contribution in [0.1, 0.15) is 42.4 Å². The van der Waals surface area contributed by atoms with Crippen molar-refractivity contribution in [2.45, 2.75) is 45.2 Å². The topological polar surface area (TPSA) is 129 Å². The van der Waals surface area contributed by atoms with E-state index in [2.05, 4.69) is 45.0 Å². The molecule has 2 N–H and O–H groups in total. The second-order valence-corrected chi connectivity index (χ2v) is 11.7. The first kappa shape index (κ1) is 32.5. The van der Waals surface area contributed by atoms with E-state index in [1.54, 1.807) is 29.2 Å². The number of thioether (sulfide) groups is 1. The molecule has 2 atom stereocenters. The molecule has 0 aliphatic carbocycles. The number of anilines is 1. The number of halogens is 3. The molecule has 5 rings (SSSR count). The normalized spacial score (nSPS) is 16.5. The minimum absolute atomic E-state index is 0.0152. The Hall–Kier alpha value is -4.87. The van der Waals surface area contributed by atoms with Gasteiger partial charge in [-0.15, -0.1) is 18.3 Å². The Labute approximate surface area is 267 Å². The summed E-state index contributed by atoms with van der Waals surface area (Å²) >= 11 is 1.29. The van der Waals surface area contributed by atoms with Crippen LogP contribution in [-0.2, 0) is 0 Å². The standard InChI is InChI=1S/C32H30F3N7O3S/c1-19(2)28-20(3)5-4-6-26(28)42-27(43)17-46-31(42)39-30(44)37-16-23(15-36)21-7-9-22(10-8-21)29-38-18-41(40-29)24-11-13-25(14-12-24)45-32(33,34)35/h4-14,18-19,23,27,43H,16-17H2,1-3H3,(H,37,44)/b39-31-. The van der Waals surface area contributed by atoms with E-state index < -0.39 is 24.5 Å². The zero-order valence-corrected chi connectivity index (χ0v) is 25.9. The SMILES string of the molecule is Cc1cccc(N2/C(=N/C(=O)NCC(C#N)c3ccc(-c4ncn(-c5ccc(OC(F)(F)F)cc5)n4)cc3)SCC2O)c1C(C)C. The number of carbonyl (C=O) groups is 1. The van der Waals surface area contributed by atoms with E-state index in [0.717, 1.165) is 16.8 Å². The summed E-state index contributed by atoms with van der Waals surface area (Å²) in [7, 11) is 0. The molecule has 0 radical (unpaired) electrons. The van der Waals surface area contributed by atoms with Gasteiger partial charge in [-0.05, 0) is 59.9 Å². The maximum atomic E-state index is 12.9. The zero-order chi connectivity index (χ0) is 33.0. The van der Waals surface area contributed by atoms with Gasteiger partial charge in [0.2, 0.25) is 0 Å². The number of aliphatic imine (C=N–C) groups is 1. The number of hydrogen-bond acceptors (Lipinski definition) is 7. The Kier molecular flexibility index (Phi) is 9.64. The zero-order valence-electron chi connectivity index (χ0n) is 25.1. The summed E-state index contributed by atoms with van der Waals surface area (Å²) in [5, 5.41) is 28.0. The molecule has 1 aromatic heterocycles. The van der Waals surface area contributed by atoms with Crippen LogP contribution in [0.2, 0.25) is 0 Å². The number of aliphatic hydroxyl groups excluding tert-OH is 1. The fraction of sp³-hybridized carbons (Fsp3) is 0.281. The van der Waals surface area contributed by atoms with E-state index in [0.29, 0.717) is 33.6 Å². The largest absolute Gasteiger partial charge is 0.573 e. The first-order chi connectivity index (χ1) is 21.9. The van der Waals surface area contributed by atoms with Gasteiger partial charge >= 0.3 is 12.4 Å². The van der Waals surface area contributed by atoms with Crippen LogP contribution < -0.4 is 15.0 Å². The average molecular weight is 650 g/mol. The van der Waals surface area contributed by atoms with E-state index in [1.165, 1.54) is 47.0 Å². The number of carbonyl (C=O) groups excluding carboxylic acids is 1.